The Morgan fingerprint density at radius 2 is 1.93 bits per heavy atom. The summed E-state index contributed by atoms with van der Waals surface area (Å²) < 4.78 is 25.1. The fraction of sp³-hybridized carbons (Fsp3) is 0.286. The van der Waals surface area contributed by atoms with Crippen LogP contribution in [-0.4, -0.2) is 36.2 Å². The molecule has 0 spiro atoms. The van der Waals surface area contributed by atoms with Gasteiger partial charge in [-0.3, -0.25) is 9.78 Å². The van der Waals surface area contributed by atoms with E-state index in [0.717, 1.165) is 12.8 Å². The number of methoxy groups -OCH3 is 1. The standard InChI is InChI=1S/C21H22FN3O3/c1-27-12-2-3-13-28-19-8-4-6-15(20(19)22)14-24-21(26)18-10-9-16-17(25-18)7-5-11-23-16/h4-11H,2-3,12-14H2,1H3,(H,24,26). The van der Waals surface area contributed by atoms with Gasteiger partial charge in [-0.15, -0.1) is 0 Å². The molecule has 1 aromatic carbocycles. The Kier molecular flexibility index (Phi) is 6.86. The van der Waals surface area contributed by atoms with E-state index in [2.05, 4.69) is 15.3 Å². The predicted octanol–water partition coefficient (Wildman–Crippen LogP) is 3.50. The van der Waals surface area contributed by atoms with Gasteiger partial charge in [0.25, 0.3) is 5.91 Å². The third kappa shape index (κ3) is 5.01. The minimum Gasteiger partial charge on any atom is -0.491 e. The van der Waals surface area contributed by atoms with Crippen LogP contribution >= 0.6 is 0 Å². The Hall–Kier alpha value is -3.06. The quantitative estimate of drug-likeness (QED) is 0.573. The first-order chi connectivity index (χ1) is 13.7. The van der Waals surface area contributed by atoms with Gasteiger partial charge in [0.05, 0.1) is 17.6 Å². The van der Waals surface area contributed by atoms with Gasteiger partial charge in [-0.2, -0.15) is 0 Å². The number of unbranched alkanes of at least 4 members (excludes halogenated alkanes) is 1. The van der Waals surface area contributed by atoms with E-state index < -0.39 is 5.82 Å². The molecule has 0 atom stereocenters. The number of benzene rings is 1. The normalized spacial score (nSPS) is 10.8. The average Bonchev–Trinajstić information content (AvgIpc) is 2.73. The molecule has 3 rings (SSSR count). The summed E-state index contributed by atoms with van der Waals surface area (Å²) in [4.78, 5) is 20.8. The van der Waals surface area contributed by atoms with E-state index in [9.17, 15) is 9.18 Å². The van der Waals surface area contributed by atoms with Crippen LogP contribution in [0, 0.1) is 5.82 Å². The molecule has 0 aliphatic rings. The van der Waals surface area contributed by atoms with Crippen LogP contribution in [0.5, 0.6) is 5.75 Å². The number of ether oxygens (including phenoxy) is 2. The molecule has 3 aromatic rings. The molecule has 1 N–H and O–H groups in total. The fourth-order valence-corrected chi connectivity index (χ4v) is 2.68. The highest BCUT2D eigenvalue weighted by molar-refractivity contribution is 5.94. The second-order valence-electron chi connectivity index (χ2n) is 6.20. The maximum atomic E-state index is 14.6. The number of nitrogens with zero attached hydrogens (tertiary/aromatic N) is 2. The first kappa shape index (κ1) is 19.7. The Morgan fingerprint density at radius 3 is 2.79 bits per heavy atom. The van der Waals surface area contributed by atoms with E-state index in [1.807, 2.05) is 0 Å². The Morgan fingerprint density at radius 1 is 1.07 bits per heavy atom. The zero-order valence-electron chi connectivity index (χ0n) is 15.7. The second-order valence-corrected chi connectivity index (χ2v) is 6.20. The monoisotopic (exact) mass is 383 g/mol. The number of hydrogen-bond donors (Lipinski definition) is 1. The van der Waals surface area contributed by atoms with Crippen LogP contribution < -0.4 is 10.1 Å². The van der Waals surface area contributed by atoms with Gasteiger partial charge in [0.2, 0.25) is 0 Å². The summed E-state index contributed by atoms with van der Waals surface area (Å²) >= 11 is 0. The van der Waals surface area contributed by atoms with Crippen LogP contribution in [0.4, 0.5) is 4.39 Å². The van der Waals surface area contributed by atoms with Crippen molar-refractivity contribution in [1.29, 1.82) is 0 Å². The number of aromatic nitrogens is 2. The van der Waals surface area contributed by atoms with Crippen LogP contribution in [0.1, 0.15) is 28.9 Å². The molecule has 146 valence electrons. The lowest BCUT2D eigenvalue weighted by Crippen LogP contribution is -2.24. The second kappa shape index (κ2) is 9.75. The van der Waals surface area contributed by atoms with E-state index in [0.29, 0.717) is 29.8 Å². The zero-order chi connectivity index (χ0) is 19.8. The maximum absolute atomic E-state index is 14.6. The lowest BCUT2D eigenvalue weighted by molar-refractivity contribution is 0.0946. The van der Waals surface area contributed by atoms with Crippen LogP contribution in [-0.2, 0) is 11.3 Å². The molecule has 0 aliphatic carbocycles. The Balaban J connectivity index is 1.60. The smallest absolute Gasteiger partial charge is 0.270 e. The highest BCUT2D eigenvalue weighted by atomic mass is 19.1. The number of carbonyl (C=O) groups is 1. The van der Waals surface area contributed by atoms with Crippen LogP contribution in [0.3, 0.4) is 0 Å². The molecular weight excluding hydrogens is 361 g/mol. The first-order valence-corrected chi connectivity index (χ1v) is 9.08. The van der Waals surface area contributed by atoms with E-state index in [4.69, 9.17) is 9.47 Å². The number of hydrogen-bond acceptors (Lipinski definition) is 5. The molecular formula is C21H22FN3O3. The number of carbonyl (C=O) groups excluding carboxylic acids is 1. The molecule has 2 aromatic heterocycles. The number of nitrogens with one attached hydrogen (secondary N) is 1. The number of fused-ring (bicyclic) bond motifs is 1. The highest BCUT2D eigenvalue weighted by Gasteiger charge is 2.12. The Bertz CT molecular complexity index is 949. The van der Waals surface area contributed by atoms with Crippen molar-refractivity contribution in [2.24, 2.45) is 0 Å². The van der Waals surface area contributed by atoms with Crippen molar-refractivity contribution in [3.05, 3.63) is 65.7 Å². The summed E-state index contributed by atoms with van der Waals surface area (Å²) in [6, 6.07) is 11.8. The van der Waals surface area contributed by atoms with Crippen molar-refractivity contribution >= 4 is 16.9 Å². The van der Waals surface area contributed by atoms with Gasteiger partial charge in [0, 0.05) is 32.0 Å². The summed E-state index contributed by atoms with van der Waals surface area (Å²) in [5.41, 5.74) is 1.95. The number of halogens is 1. The minimum absolute atomic E-state index is 0.0400. The molecule has 0 aliphatic heterocycles. The zero-order valence-corrected chi connectivity index (χ0v) is 15.7. The summed E-state index contributed by atoms with van der Waals surface area (Å²) in [6.45, 7) is 1.10. The van der Waals surface area contributed by atoms with E-state index >= 15 is 0 Å². The maximum Gasteiger partial charge on any atom is 0.270 e. The van der Waals surface area contributed by atoms with Crippen molar-refractivity contribution in [1.82, 2.24) is 15.3 Å². The number of amides is 1. The minimum atomic E-state index is -0.467. The van der Waals surface area contributed by atoms with Gasteiger partial charge in [-0.1, -0.05) is 12.1 Å². The average molecular weight is 383 g/mol. The van der Waals surface area contributed by atoms with Crippen LogP contribution in [0.25, 0.3) is 11.0 Å². The summed E-state index contributed by atoms with van der Waals surface area (Å²) in [6.07, 6.45) is 3.29. The third-order valence-corrected chi connectivity index (χ3v) is 4.17. The first-order valence-electron chi connectivity index (χ1n) is 9.08. The fourth-order valence-electron chi connectivity index (χ4n) is 2.68. The molecule has 7 heteroatoms. The lowest BCUT2D eigenvalue weighted by atomic mass is 10.2. The van der Waals surface area contributed by atoms with Gasteiger partial charge in [-0.25, -0.2) is 9.37 Å². The summed E-state index contributed by atoms with van der Waals surface area (Å²) in [5, 5.41) is 2.70. The van der Waals surface area contributed by atoms with E-state index in [-0.39, 0.29) is 23.9 Å². The molecule has 6 nitrogen and oxygen atoms in total. The molecule has 0 fully saturated rings. The van der Waals surface area contributed by atoms with Crippen molar-refractivity contribution in [3.63, 3.8) is 0 Å². The van der Waals surface area contributed by atoms with Crippen molar-refractivity contribution in [2.45, 2.75) is 19.4 Å². The van der Waals surface area contributed by atoms with Crippen molar-refractivity contribution in [3.8, 4) is 5.75 Å². The molecule has 0 saturated heterocycles. The summed E-state index contributed by atoms with van der Waals surface area (Å²) in [7, 11) is 1.64. The largest absolute Gasteiger partial charge is 0.491 e. The van der Waals surface area contributed by atoms with Crippen molar-refractivity contribution < 1.29 is 18.7 Å². The van der Waals surface area contributed by atoms with Gasteiger partial charge in [0.15, 0.2) is 11.6 Å². The van der Waals surface area contributed by atoms with Crippen molar-refractivity contribution in [2.75, 3.05) is 20.3 Å². The molecule has 0 saturated carbocycles. The van der Waals surface area contributed by atoms with Crippen LogP contribution in [0.15, 0.2) is 48.7 Å². The molecule has 1 amide bonds. The molecule has 2 heterocycles. The Labute approximate surface area is 162 Å². The molecule has 0 unspecified atom stereocenters. The lowest BCUT2D eigenvalue weighted by Gasteiger charge is -2.11. The molecule has 0 bridgehead atoms. The van der Waals surface area contributed by atoms with Gasteiger partial charge < -0.3 is 14.8 Å². The highest BCUT2D eigenvalue weighted by Crippen LogP contribution is 2.21. The van der Waals surface area contributed by atoms with E-state index in [1.165, 1.54) is 0 Å². The number of pyridine rings is 2. The molecule has 0 radical (unpaired) electrons. The van der Waals surface area contributed by atoms with Gasteiger partial charge in [-0.05, 0) is 43.2 Å². The van der Waals surface area contributed by atoms with E-state index in [1.54, 1.807) is 55.8 Å². The molecule has 28 heavy (non-hydrogen) atoms. The van der Waals surface area contributed by atoms with Gasteiger partial charge >= 0.3 is 0 Å². The predicted molar refractivity (Wildman–Crippen MR) is 104 cm³/mol. The SMILES string of the molecule is COCCCCOc1cccc(CNC(=O)c2ccc3ncccc3n2)c1F. The topological polar surface area (TPSA) is 73.3 Å². The summed E-state index contributed by atoms with van der Waals surface area (Å²) in [5.74, 6) is -0.666. The third-order valence-electron chi connectivity index (χ3n) is 4.17. The van der Waals surface area contributed by atoms with Gasteiger partial charge in [0.1, 0.15) is 5.69 Å². The number of rotatable bonds is 9. The van der Waals surface area contributed by atoms with Crippen LogP contribution in [0.2, 0.25) is 0 Å².